The summed E-state index contributed by atoms with van der Waals surface area (Å²) < 4.78 is 17.6. The number of aryl methyl sites for hydroxylation is 1. The molecule has 1 N–H and O–H groups in total. The topological polar surface area (TPSA) is 46.0 Å². The molecule has 3 nitrogen and oxygen atoms in total. The number of halogens is 1. The molecule has 2 rings (SSSR count). The molecule has 1 heterocycles. The van der Waals surface area contributed by atoms with E-state index in [-0.39, 0.29) is 5.82 Å². The van der Waals surface area contributed by atoms with Gasteiger partial charge in [-0.1, -0.05) is 12.1 Å². The Morgan fingerprint density at radius 3 is 2.71 bits per heavy atom. The summed E-state index contributed by atoms with van der Waals surface area (Å²) in [5, 5.41) is 2.41. The molecule has 0 aliphatic heterocycles. The van der Waals surface area contributed by atoms with E-state index in [4.69, 9.17) is 0 Å². The normalized spacial score (nSPS) is 10.4. The molecule has 0 radical (unpaired) electrons. The highest BCUT2D eigenvalue weighted by Crippen LogP contribution is 2.18. The van der Waals surface area contributed by atoms with Gasteiger partial charge >= 0.3 is 5.63 Å². The molecule has 0 saturated heterocycles. The molecule has 1 aromatic carbocycles. The van der Waals surface area contributed by atoms with Crippen molar-refractivity contribution in [1.82, 2.24) is 5.16 Å². The monoisotopic (exact) mass is 193 g/mol. The molecular formula is C10H8FNO2. The zero-order valence-electron chi connectivity index (χ0n) is 7.50. The van der Waals surface area contributed by atoms with Gasteiger partial charge in [-0.15, -0.1) is 0 Å². The fraction of sp³-hybridized carbons (Fsp3) is 0.100. The van der Waals surface area contributed by atoms with Gasteiger partial charge < -0.3 is 4.52 Å². The lowest BCUT2D eigenvalue weighted by Crippen LogP contribution is -1.86. The summed E-state index contributed by atoms with van der Waals surface area (Å²) in [6, 6.07) is 6.01. The van der Waals surface area contributed by atoms with Gasteiger partial charge in [0.15, 0.2) is 0 Å². The molecule has 72 valence electrons. The molecule has 0 fully saturated rings. The van der Waals surface area contributed by atoms with E-state index in [9.17, 15) is 9.18 Å². The lowest BCUT2D eigenvalue weighted by atomic mass is 10.1. The van der Waals surface area contributed by atoms with Gasteiger partial charge in [0.05, 0.1) is 11.8 Å². The van der Waals surface area contributed by atoms with Crippen LogP contribution in [0.5, 0.6) is 0 Å². The summed E-state index contributed by atoms with van der Waals surface area (Å²) in [7, 11) is 0. The van der Waals surface area contributed by atoms with E-state index in [1.54, 1.807) is 19.1 Å². The van der Waals surface area contributed by atoms with Crippen LogP contribution in [0.1, 0.15) is 5.56 Å². The highest BCUT2D eigenvalue weighted by atomic mass is 19.1. The van der Waals surface area contributed by atoms with Crippen molar-refractivity contribution in [2.24, 2.45) is 0 Å². The standard InChI is InChI=1S/C10H8FNO2/c1-6-2-3-7(4-8(6)11)9-5-10(13)14-12-9/h2-5,12H,1H3. The Hall–Kier alpha value is -1.84. The smallest absolute Gasteiger partial charge is 0.339 e. The van der Waals surface area contributed by atoms with E-state index in [0.717, 1.165) is 0 Å². The van der Waals surface area contributed by atoms with Crippen LogP contribution >= 0.6 is 0 Å². The molecule has 0 aliphatic carbocycles. The average molecular weight is 193 g/mol. The predicted octanol–water partition coefficient (Wildman–Crippen LogP) is 2.08. The van der Waals surface area contributed by atoms with E-state index in [2.05, 4.69) is 9.68 Å². The zero-order chi connectivity index (χ0) is 10.1. The number of aromatic nitrogens is 1. The van der Waals surface area contributed by atoms with Crippen molar-refractivity contribution in [1.29, 1.82) is 0 Å². The summed E-state index contributed by atoms with van der Waals surface area (Å²) in [6.45, 7) is 1.68. The summed E-state index contributed by atoms with van der Waals surface area (Å²) in [6.07, 6.45) is 0. The fourth-order valence-corrected chi connectivity index (χ4v) is 1.18. The second kappa shape index (κ2) is 3.14. The van der Waals surface area contributed by atoms with Gasteiger partial charge in [-0.3, -0.25) is 0 Å². The molecule has 2 aromatic rings. The van der Waals surface area contributed by atoms with Gasteiger partial charge in [-0.25, -0.2) is 14.3 Å². The fourth-order valence-electron chi connectivity index (χ4n) is 1.18. The number of rotatable bonds is 1. The van der Waals surface area contributed by atoms with Crippen LogP contribution in [0.25, 0.3) is 11.3 Å². The van der Waals surface area contributed by atoms with Crippen LogP contribution in [0, 0.1) is 12.7 Å². The summed E-state index contributed by atoms with van der Waals surface area (Å²) in [5.74, 6) is -0.301. The third-order valence-corrected chi connectivity index (χ3v) is 2.01. The second-order valence-electron chi connectivity index (χ2n) is 3.05. The van der Waals surface area contributed by atoms with Crippen molar-refractivity contribution in [2.75, 3.05) is 0 Å². The van der Waals surface area contributed by atoms with Crippen molar-refractivity contribution < 1.29 is 8.91 Å². The SMILES string of the molecule is Cc1ccc(-c2cc(=O)o[nH]2)cc1F. The van der Waals surface area contributed by atoms with Crippen LogP contribution in [0.2, 0.25) is 0 Å². The van der Waals surface area contributed by atoms with Crippen LogP contribution in [0.15, 0.2) is 33.6 Å². The molecule has 0 aliphatic rings. The van der Waals surface area contributed by atoms with Crippen LogP contribution in [0.4, 0.5) is 4.39 Å². The Kier molecular flexibility index (Phi) is 1.96. The molecule has 0 spiro atoms. The van der Waals surface area contributed by atoms with Crippen LogP contribution < -0.4 is 5.63 Å². The van der Waals surface area contributed by atoms with E-state index in [1.807, 2.05) is 0 Å². The van der Waals surface area contributed by atoms with Crippen molar-refractivity contribution >= 4 is 0 Å². The second-order valence-corrected chi connectivity index (χ2v) is 3.05. The third kappa shape index (κ3) is 1.46. The number of H-pyrrole nitrogens is 1. The summed E-state index contributed by atoms with van der Waals surface area (Å²) in [4.78, 5) is 10.7. The molecule has 14 heavy (non-hydrogen) atoms. The quantitative estimate of drug-likeness (QED) is 0.753. The van der Waals surface area contributed by atoms with Gasteiger partial charge in [0.1, 0.15) is 5.82 Å². The van der Waals surface area contributed by atoms with Gasteiger partial charge in [0, 0.05) is 5.56 Å². The Labute approximate surface area is 79.1 Å². The number of benzene rings is 1. The van der Waals surface area contributed by atoms with Gasteiger partial charge in [0.2, 0.25) is 0 Å². The Balaban J connectivity index is 2.52. The largest absolute Gasteiger partial charge is 0.357 e. The first-order valence-corrected chi connectivity index (χ1v) is 4.12. The van der Waals surface area contributed by atoms with Crippen LogP contribution in [-0.2, 0) is 0 Å². The minimum absolute atomic E-state index is 0.301. The zero-order valence-corrected chi connectivity index (χ0v) is 7.50. The van der Waals surface area contributed by atoms with Gasteiger partial charge in [0.25, 0.3) is 0 Å². The Morgan fingerprint density at radius 1 is 1.36 bits per heavy atom. The molecular weight excluding hydrogens is 185 g/mol. The Morgan fingerprint density at radius 2 is 2.14 bits per heavy atom. The van der Waals surface area contributed by atoms with E-state index >= 15 is 0 Å². The maximum atomic E-state index is 13.1. The van der Waals surface area contributed by atoms with Gasteiger partial charge in [-0.2, -0.15) is 0 Å². The number of aromatic amines is 1. The van der Waals surface area contributed by atoms with Crippen molar-refractivity contribution in [2.45, 2.75) is 6.92 Å². The molecule has 1 aromatic heterocycles. The van der Waals surface area contributed by atoms with Crippen LogP contribution in [0.3, 0.4) is 0 Å². The molecule has 0 amide bonds. The molecule has 0 saturated carbocycles. The first-order chi connectivity index (χ1) is 6.66. The maximum Gasteiger partial charge on any atom is 0.357 e. The minimum Gasteiger partial charge on any atom is -0.339 e. The van der Waals surface area contributed by atoms with Gasteiger partial charge in [-0.05, 0) is 18.6 Å². The molecule has 0 unspecified atom stereocenters. The van der Waals surface area contributed by atoms with Crippen molar-refractivity contribution in [3.8, 4) is 11.3 Å². The maximum absolute atomic E-state index is 13.1. The van der Waals surface area contributed by atoms with Crippen LogP contribution in [-0.4, -0.2) is 5.16 Å². The lowest BCUT2D eigenvalue weighted by molar-refractivity contribution is 0.394. The molecule has 0 bridgehead atoms. The predicted molar refractivity (Wildman–Crippen MR) is 49.5 cm³/mol. The number of hydrogen-bond donors (Lipinski definition) is 1. The van der Waals surface area contributed by atoms with E-state index in [0.29, 0.717) is 16.8 Å². The van der Waals surface area contributed by atoms with Crippen molar-refractivity contribution in [3.05, 3.63) is 46.1 Å². The summed E-state index contributed by atoms with van der Waals surface area (Å²) >= 11 is 0. The lowest BCUT2D eigenvalue weighted by Gasteiger charge is -1.98. The first kappa shape index (κ1) is 8.74. The minimum atomic E-state index is -0.471. The summed E-state index contributed by atoms with van der Waals surface area (Å²) in [5.41, 5.74) is 1.17. The highest BCUT2D eigenvalue weighted by Gasteiger charge is 2.04. The average Bonchev–Trinajstić information content (AvgIpc) is 2.57. The number of hydrogen-bond acceptors (Lipinski definition) is 2. The highest BCUT2D eigenvalue weighted by molar-refractivity contribution is 5.58. The third-order valence-electron chi connectivity index (χ3n) is 2.01. The van der Waals surface area contributed by atoms with E-state index in [1.165, 1.54) is 12.1 Å². The first-order valence-electron chi connectivity index (χ1n) is 4.12. The molecule has 0 atom stereocenters. The van der Waals surface area contributed by atoms with Crippen molar-refractivity contribution in [3.63, 3.8) is 0 Å². The van der Waals surface area contributed by atoms with E-state index < -0.39 is 5.63 Å². The number of nitrogens with one attached hydrogen (secondary N) is 1. The molecule has 4 heteroatoms. The Bertz CT molecular complexity index is 513.